The number of benzene rings is 1. The van der Waals surface area contributed by atoms with Crippen LogP contribution in [0.15, 0.2) is 22.7 Å². The van der Waals surface area contributed by atoms with Gasteiger partial charge in [-0.05, 0) is 59.4 Å². The predicted molar refractivity (Wildman–Crippen MR) is 88.5 cm³/mol. The number of anilines is 1. The van der Waals surface area contributed by atoms with Crippen LogP contribution in [0.1, 0.15) is 12.8 Å². The van der Waals surface area contributed by atoms with Crippen molar-refractivity contribution in [2.45, 2.75) is 12.8 Å². The van der Waals surface area contributed by atoms with E-state index >= 15 is 0 Å². The molecule has 0 radical (unpaired) electrons. The van der Waals surface area contributed by atoms with Crippen LogP contribution in [0.3, 0.4) is 0 Å². The Morgan fingerprint density at radius 3 is 3.10 bits per heavy atom. The first-order valence-corrected chi connectivity index (χ1v) is 8.17. The van der Waals surface area contributed by atoms with Crippen molar-refractivity contribution in [2.24, 2.45) is 11.7 Å². The van der Waals surface area contributed by atoms with E-state index in [-0.39, 0.29) is 0 Å². The van der Waals surface area contributed by atoms with Crippen molar-refractivity contribution in [3.8, 4) is 11.4 Å². The number of piperidine rings is 1. The molecule has 1 aromatic carbocycles. The van der Waals surface area contributed by atoms with Gasteiger partial charge in [0.1, 0.15) is 0 Å². The molecule has 0 aliphatic carbocycles. The minimum Gasteiger partial charge on any atom is -0.339 e. The highest BCUT2D eigenvalue weighted by Gasteiger charge is 2.22. The Bertz CT molecular complexity index is 630. The highest BCUT2D eigenvalue weighted by molar-refractivity contribution is 9.10. The van der Waals surface area contributed by atoms with E-state index in [4.69, 9.17) is 17.3 Å². The van der Waals surface area contributed by atoms with Gasteiger partial charge in [-0.25, -0.2) is 0 Å². The van der Waals surface area contributed by atoms with E-state index in [1.54, 1.807) is 0 Å². The van der Waals surface area contributed by atoms with Gasteiger partial charge in [0.25, 0.3) is 0 Å². The summed E-state index contributed by atoms with van der Waals surface area (Å²) in [7, 11) is 0. The van der Waals surface area contributed by atoms with Crippen LogP contribution >= 0.6 is 27.5 Å². The van der Waals surface area contributed by atoms with Gasteiger partial charge in [-0.1, -0.05) is 11.6 Å². The monoisotopic (exact) mass is 369 g/mol. The maximum atomic E-state index is 6.01. The smallest absolute Gasteiger partial charge is 0.245 e. The topological polar surface area (TPSA) is 70.8 Å². The SMILES string of the molecule is NCC1CCCN(c2n[nH]c(-c3ccc(Cl)c(Br)c3)n2)C1. The average molecular weight is 371 g/mol. The zero-order valence-corrected chi connectivity index (χ0v) is 13.9. The van der Waals surface area contributed by atoms with Gasteiger partial charge in [-0.3, -0.25) is 5.10 Å². The van der Waals surface area contributed by atoms with Crippen LogP contribution in [-0.2, 0) is 0 Å². The summed E-state index contributed by atoms with van der Waals surface area (Å²) in [6.45, 7) is 2.63. The second-order valence-corrected chi connectivity index (χ2v) is 6.56. The average Bonchev–Trinajstić information content (AvgIpc) is 3.00. The van der Waals surface area contributed by atoms with Crippen LogP contribution in [0.2, 0.25) is 5.02 Å². The Balaban J connectivity index is 1.81. The van der Waals surface area contributed by atoms with Crippen molar-refractivity contribution < 1.29 is 0 Å². The fraction of sp³-hybridized carbons (Fsp3) is 0.429. The molecule has 112 valence electrons. The molecule has 21 heavy (non-hydrogen) atoms. The minimum atomic E-state index is 0.533. The molecule has 5 nitrogen and oxygen atoms in total. The van der Waals surface area contributed by atoms with Crippen LogP contribution < -0.4 is 10.6 Å². The lowest BCUT2D eigenvalue weighted by Gasteiger charge is -2.31. The molecule has 7 heteroatoms. The van der Waals surface area contributed by atoms with E-state index in [2.05, 4.69) is 36.0 Å². The molecule has 1 fully saturated rings. The van der Waals surface area contributed by atoms with E-state index in [0.717, 1.165) is 47.9 Å². The van der Waals surface area contributed by atoms with Crippen molar-refractivity contribution in [3.63, 3.8) is 0 Å². The lowest BCUT2D eigenvalue weighted by atomic mass is 9.99. The van der Waals surface area contributed by atoms with E-state index in [1.165, 1.54) is 6.42 Å². The number of rotatable bonds is 3. The molecule has 2 aromatic rings. The molecule has 1 unspecified atom stereocenters. The predicted octanol–water partition coefficient (Wildman–Crippen LogP) is 3.06. The summed E-state index contributed by atoms with van der Waals surface area (Å²) in [4.78, 5) is 6.80. The van der Waals surface area contributed by atoms with Crippen molar-refractivity contribution >= 4 is 33.5 Å². The van der Waals surface area contributed by atoms with Crippen LogP contribution in [0.4, 0.5) is 5.95 Å². The van der Waals surface area contributed by atoms with Crippen LogP contribution in [0.5, 0.6) is 0 Å². The minimum absolute atomic E-state index is 0.533. The van der Waals surface area contributed by atoms with Gasteiger partial charge < -0.3 is 10.6 Å². The van der Waals surface area contributed by atoms with Gasteiger partial charge in [0.05, 0.1) is 5.02 Å². The lowest BCUT2D eigenvalue weighted by Crippen LogP contribution is -2.38. The Labute approximate surface area is 137 Å². The summed E-state index contributed by atoms with van der Waals surface area (Å²) in [5, 5.41) is 8.02. The number of halogens is 2. The third kappa shape index (κ3) is 3.22. The van der Waals surface area contributed by atoms with E-state index in [0.29, 0.717) is 10.9 Å². The Hall–Kier alpha value is -1.11. The number of hydrogen-bond acceptors (Lipinski definition) is 4. The van der Waals surface area contributed by atoms with Crippen LogP contribution in [-0.4, -0.2) is 34.8 Å². The first-order chi connectivity index (χ1) is 10.2. The molecule has 3 rings (SSSR count). The summed E-state index contributed by atoms with van der Waals surface area (Å²) < 4.78 is 0.848. The fourth-order valence-corrected chi connectivity index (χ4v) is 3.10. The first kappa shape index (κ1) is 14.8. The molecular formula is C14H17BrClN5. The Morgan fingerprint density at radius 1 is 1.48 bits per heavy atom. The van der Waals surface area contributed by atoms with Gasteiger partial charge in [0.15, 0.2) is 5.82 Å². The second kappa shape index (κ2) is 6.34. The third-order valence-corrected chi connectivity index (χ3v) is 5.02. The first-order valence-electron chi connectivity index (χ1n) is 7.00. The maximum absolute atomic E-state index is 6.01. The number of nitrogens with zero attached hydrogens (tertiary/aromatic N) is 3. The lowest BCUT2D eigenvalue weighted by molar-refractivity contribution is 0.420. The summed E-state index contributed by atoms with van der Waals surface area (Å²) >= 11 is 9.44. The molecule has 1 aliphatic heterocycles. The molecule has 1 atom stereocenters. The molecule has 2 heterocycles. The summed E-state index contributed by atoms with van der Waals surface area (Å²) in [6.07, 6.45) is 2.33. The van der Waals surface area contributed by atoms with Crippen molar-refractivity contribution in [1.82, 2.24) is 15.2 Å². The third-order valence-electron chi connectivity index (χ3n) is 3.80. The largest absolute Gasteiger partial charge is 0.339 e. The zero-order chi connectivity index (χ0) is 14.8. The standard InChI is InChI=1S/C14H17BrClN5/c15-11-6-10(3-4-12(11)16)13-18-14(20-19-13)21-5-1-2-9(7-17)8-21/h3-4,6,9H,1-2,5,7-8,17H2,(H,18,19,20). The fourth-order valence-electron chi connectivity index (χ4n) is 2.61. The van der Waals surface area contributed by atoms with Gasteiger partial charge in [0, 0.05) is 23.1 Å². The maximum Gasteiger partial charge on any atom is 0.245 e. The van der Waals surface area contributed by atoms with E-state index in [9.17, 15) is 0 Å². The zero-order valence-electron chi connectivity index (χ0n) is 11.5. The number of nitrogens with one attached hydrogen (secondary N) is 1. The van der Waals surface area contributed by atoms with Crippen LogP contribution in [0, 0.1) is 5.92 Å². The molecule has 0 bridgehead atoms. The van der Waals surface area contributed by atoms with Crippen molar-refractivity contribution in [3.05, 3.63) is 27.7 Å². The van der Waals surface area contributed by atoms with Crippen LogP contribution in [0.25, 0.3) is 11.4 Å². The number of aromatic amines is 1. The van der Waals surface area contributed by atoms with Crippen molar-refractivity contribution in [1.29, 1.82) is 0 Å². The second-order valence-electron chi connectivity index (χ2n) is 5.30. The summed E-state index contributed by atoms with van der Waals surface area (Å²) in [6, 6.07) is 5.70. The summed E-state index contributed by atoms with van der Waals surface area (Å²) in [5.41, 5.74) is 6.73. The van der Waals surface area contributed by atoms with Gasteiger partial charge >= 0.3 is 0 Å². The summed E-state index contributed by atoms with van der Waals surface area (Å²) in [5.74, 6) is 2.02. The molecule has 1 aromatic heterocycles. The van der Waals surface area contributed by atoms with Gasteiger partial charge in [-0.2, -0.15) is 4.98 Å². The molecular weight excluding hydrogens is 354 g/mol. The number of nitrogens with two attached hydrogens (primary N) is 1. The number of aromatic nitrogens is 3. The van der Waals surface area contributed by atoms with E-state index < -0.39 is 0 Å². The normalized spacial score (nSPS) is 19.0. The molecule has 0 saturated carbocycles. The molecule has 0 amide bonds. The quantitative estimate of drug-likeness (QED) is 0.871. The number of H-pyrrole nitrogens is 1. The molecule has 1 aliphatic rings. The number of hydrogen-bond donors (Lipinski definition) is 2. The van der Waals surface area contributed by atoms with E-state index in [1.807, 2.05) is 18.2 Å². The highest BCUT2D eigenvalue weighted by Crippen LogP contribution is 2.28. The molecule has 0 spiro atoms. The van der Waals surface area contributed by atoms with Gasteiger partial charge in [-0.15, -0.1) is 5.10 Å². The van der Waals surface area contributed by atoms with Crippen molar-refractivity contribution in [2.75, 3.05) is 24.5 Å². The van der Waals surface area contributed by atoms with Gasteiger partial charge in [0.2, 0.25) is 5.95 Å². The molecule has 1 saturated heterocycles. The highest BCUT2D eigenvalue weighted by atomic mass is 79.9. The Morgan fingerprint density at radius 2 is 2.33 bits per heavy atom. The molecule has 3 N–H and O–H groups in total. The Kier molecular flexibility index (Phi) is 4.47.